The van der Waals surface area contributed by atoms with Gasteiger partial charge in [-0.15, -0.1) is 0 Å². The van der Waals surface area contributed by atoms with Crippen LogP contribution in [0.1, 0.15) is 33.1 Å². The lowest BCUT2D eigenvalue weighted by molar-refractivity contribution is -0.142. The molecule has 16 heavy (non-hydrogen) atoms. The van der Waals surface area contributed by atoms with E-state index in [-0.39, 0.29) is 17.2 Å². The predicted octanol–water partition coefficient (Wildman–Crippen LogP) is 1.36. The van der Waals surface area contributed by atoms with Gasteiger partial charge in [-0.3, -0.25) is 9.59 Å². The van der Waals surface area contributed by atoms with Gasteiger partial charge in [0, 0.05) is 13.1 Å². The molecule has 1 saturated heterocycles. The van der Waals surface area contributed by atoms with E-state index < -0.39 is 11.9 Å². The van der Waals surface area contributed by atoms with Gasteiger partial charge in [0.25, 0.3) is 0 Å². The highest BCUT2D eigenvalue weighted by atomic mass is 16.4. The third-order valence-corrected chi connectivity index (χ3v) is 4.03. The molecule has 1 N–H and O–H groups in total. The smallest absolute Gasteiger partial charge is 0.307 e. The maximum atomic E-state index is 12.2. The second-order valence-electron chi connectivity index (χ2n) is 5.50. The van der Waals surface area contributed by atoms with Crippen molar-refractivity contribution >= 4 is 11.9 Å². The van der Waals surface area contributed by atoms with Crippen LogP contribution in [0.3, 0.4) is 0 Å². The van der Waals surface area contributed by atoms with Crippen molar-refractivity contribution in [3.8, 4) is 0 Å². The van der Waals surface area contributed by atoms with E-state index in [0.29, 0.717) is 0 Å². The molecule has 0 aromatic carbocycles. The Morgan fingerprint density at radius 3 is 2.12 bits per heavy atom. The van der Waals surface area contributed by atoms with E-state index in [9.17, 15) is 9.59 Å². The number of rotatable bonds is 2. The number of amides is 1. The molecule has 2 aliphatic rings. The van der Waals surface area contributed by atoms with Crippen LogP contribution in [0, 0.1) is 17.3 Å². The highest BCUT2D eigenvalue weighted by Crippen LogP contribution is 2.59. The van der Waals surface area contributed by atoms with Crippen molar-refractivity contribution in [3.63, 3.8) is 0 Å². The Labute approximate surface area is 95.6 Å². The van der Waals surface area contributed by atoms with Gasteiger partial charge in [0.05, 0.1) is 11.8 Å². The number of hydrogen-bond acceptors (Lipinski definition) is 2. The Hall–Kier alpha value is -1.06. The van der Waals surface area contributed by atoms with Crippen LogP contribution in [-0.2, 0) is 9.59 Å². The minimum absolute atomic E-state index is 0.0529. The molecule has 4 nitrogen and oxygen atoms in total. The lowest BCUT2D eigenvalue weighted by Crippen LogP contribution is -2.37. The summed E-state index contributed by atoms with van der Waals surface area (Å²) in [7, 11) is 0. The number of carbonyl (C=O) groups is 2. The normalized spacial score (nSPS) is 32.2. The number of hydrogen-bond donors (Lipinski definition) is 1. The number of carbonyl (C=O) groups excluding carboxylic acids is 1. The first-order valence-electron chi connectivity index (χ1n) is 5.98. The van der Waals surface area contributed by atoms with Gasteiger partial charge in [0.2, 0.25) is 5.91 Å². The third-order valence-electron chi connectivity index (χ3n) is 4.03. The summed E-state index contributed by atoms with van der Waals surface area (Å²) < 4.78 is 0. The lowest BCUT2D eigenvalue weighted by atomic mass is 10.1. The fraction of sp³-hybridized carbons (Fsp3) is 0.833. The number of aliphatic carboxylic acids is 1. The van der Waals surface area contributed by atoms with E-state index in [1.165, 1.54) is 6.42 Å². The third kappa shape index (κ3) is 1.70. The Balaban J connectivity index is 2.03. The molecule has 0 bridgehead atoms. The summed E-state index contributed by atoms with van der Waals surface area (Å²) in [4.78, 5) is 25.0. The molecule has 0 spiro atoms. The molecule has 1 aliphatic heterocycles. The maximum absolute atomic E-state index is 12.2. The number of piperidine rings is 1. The first-order chi connectivity index (χ1) is 7.46. The molecular formula is C12H19NO3. The van der Waals surface area contributed by atoms with E-state index in [1.54, 1.807) is 0 Å². The van der Waals surface area contributed by atoms with Crippen LogP contribution in [0.15, 0.2) is 0 Å². The van der Waals surface area contributed by atoms with Gasteiger partial charge >= 0.3 is 5.97 Å². The Morgan fingerprint density at radius 2 is 1.69 bits per heavy atom. The van der Waals surface area contributed by atoms with Crippen molar-refractivity contribution in [1.29, 1.82) is 0 Å². The molecule has 2 rings (SSSR count). The standard InChI is InChI=1S/C12H19NO3/c1-12(2)8(9(12)11(15)16)10(14)13-6-4-3-5-7-13/h8-9H,3-7H2,1-2H3,(H,15,16). The average Bonchev–Trinajstić information content (AvgIpc) is 2.82. The molecule has 0 aromatic heterocycles. The van der Waals surface area contributed by atoms with Crippen LogP contribution >= 0.6 is 0 Å². The molecular weight excluding hydrogens is 206 g/mol. The minimum atomic E-state index is -0.833. The summed E-state index contributed by atoms with van der Waals surface area (Å²) in [5.41, 5.74) is -0.361. The molecule has 1 aliphatic carbocycles. The Bertz CT molecular complexity index is 318. The average molecular weight is 225 g/mol. The summed E-state index contributed by atoms with van der Waals surface area (Å²) >= 11 is 0. The minimum Gasteiger partial charge on any atom is -0.481 e. The topological polar surface area (TPSA) is 57.6 Å². The van der Waals surface area contributed by atoms with Crippen LogP contribution in [0.2, 0.25) is 0 Å². The monoisotopic (exact) mass is 225 g/mol. The maximum Gasteiger partial charge on any atom is 0.307 e. The van der Waals surface area contributed by atoms with E-state index in [2.05, 4.69) is 0 Å². The molecule has 0 aromatic rings. The second kappa shape index (κ2) is 3.75. The summed E-state index contributed by atoms with van der Waals surface area (Å²) in [6.45, 7) is 5.35. The highest BCUT2D eigenvalue weighted by Gasteiger charge is 2.66. The van der Waals surface area contributed by atoms with Crippen LogP contribution in [0.5, 0.6) is 0 Å². The van der Waals surface area contributed by atoms with Crippen molar-refractivity contribution < 1.29 is 14.7 Å². The van der Waals surface area contributed by atoms with E-state index in [4.69, 9.17) is 5.11 Å². The predicted molar refractivity (Wildman–Crippen MR) is 58.8 cm³/mol. The van der Waals surface area contributed by atoms with Gasteiger partial charge < -0.3 is 10.0 Å². The van der Waals surface area contributed by atoms with E-state index >= 15 is 0 Å². The van der Waals surface area contributed by atoms with Gasteiger partial charge in [-0.1, -0.05) is 13.8 Å². The second-order valence-corrected chi connectivity index (χ2v) is 5.50. The number of likely N-dealkylation sites (tertiary alicyclic amines) is 1. The van der Waals surface area contributed by atoms with Crippen LogP contribution in [-0.4, -0.2) is 35.0 Å². The zero-order chi connectivity index (χ0) is 11.9. The molecule has 90 valence electrons. The molecule has 2 fully saturated rings. The van der Waals surface area contributed by atoms with Gasteiger partial charge in [-0.05, 0) is 24.7 Å². The van der Waals surface area contributed by atoms with E-state index in [0.717, 1.165) is 25.9 Å². The van der Waals surface area contributed by atoms with Crippen molar-refractivity contribution in [2.75, 3.05) is 13.1 Å². The molecule has 2 unspecified atom stereocenters. The fourth-order valence-corrected chi connectivity index (χ4v) is 2.87. The molecule has 4 heteroatoms. The van der Waals surface area contributed by atoms with Crippen molar-refractivity contribution in [2.24, 2.45) is 17.3 Å². The fourth-order valence-electron chi connectivity index (χ4n) is 2.87. The van der Waals surface area contributed by atoms with Crippen molar-refractivity contribution in [3.05, 3.63) is 0 Å². The van der Waals surface area contributed by atoms with Gasteiger partial charge in [0.1, 0.15) is 0 Å². The zero-order valence-electron chi connectivity index (χ0n) is 9.90. The summed E-state index contributed by atoms with van der Waals surface area (Å²) in [5, 5.41) is 9.04. The SMILES string of the molecule is CC1(C)C(C(=O)O)C1C(=O)N1CCCCC1. The van der Waals surface area contributed by atoms with Crippen molar-refractivity contribution in [2.45, 2.75) is 33.1 Å². The highest BCUT2D eigenvalue weighted by molar-refractivity contribution is 5.91. The molecule has 0 radical (unpaired) electrons. The van der Waals surface area contributed by atoms with Crippen LogP contribution in [0.25, 0.3) is 0 Å². The summed E-state index contributed by atoms with van der Waals surface area (Å²) in [5.74, 6) is -1.57. The first-order valence-corrected chi connectivity index (χ1v) is 5.98. The van der Waals surface area contributed by atoms with Crippen LogP contribution in [0.4, 0.5) is 0 Å². The Morgan fingerprint density at radius 1 is 1.12 bits per heavy atom. The van der Waals surface area contributed by atoms with E-state index in [1.807, 2.05) is 18.7 Å². The van der Waals surface area contributed by atoms with Crippen LogP contribution < -0.4 is 0 Å². The van der Waals surface area contributed by atoms with Gasteiger partial charge in [-0.25, -0.2) is 0 Å². The number of carboxylic acid groups (broad SMARTS) is 1. The zero-order valence-corrected chi connectivity index (χ0v) is 9.90. The number of nitrogens with zero attached hydrogens (tertiary/aromatic N) is 1. The molecule has 2 atom stereocenters. The summed E-state index contributed by atoms with van der Waals surface area (Å²) in [6.07, 6.45) is 3.29. The quantitative estimate of drug-likeness (QED) is 0.772. The molecule has 1 heterocycles. The van der Waals surface area contributed by atoms with Gasteiger partial charge in [-0.2, -0.15) is 0 Å². The lowest BCUT2D eigenvalue weighted by Gasteiger charge is -2.27. The first kappa shape index (κ1) is 11.4. The summed E-state index contributed by atoms with van der Waals surface area (Å²) in [6, 6.07) is 0. The van der Waals surface area contributed by atoms with Crippen molar-refractivity contribution in [1.82, 2.24) is 4.90 Å². The molecule has 1 saturated carbocycles. The largest absolute Gasteiger partial charge is 0.481 e. The van der Waals surface area contributed by atoms with Gasteiger partial charge in [0.15, 0.2) is 0 Å². The molecule has 1 amide bonds. The Kier molecular flexibility index (Phi) is 2.68. The number of carboxylic acids is 1.